The molecule has 0 unspecified atom stereocenters. The Labute approximate surface area is 175 Å². The second-order valence-electron chi connectivity index (χ2n) is 6.42. The predicted octanol–water partition coefficient (Wildman–Crippen LogP) is 4.96. The Kier molecular flexibility index (Phi) is 7.20. The van der Waals surface area contributed by atoms with E-state index in [1.165, 1.54) is 6.08 Å². The van der Waals surface area contributed by atoms with Crippen LogP contribution >= 0.6 is 11.6 Å². The van der Waals surface area contributed by atoms with Crippen molar-refractivity contribution >= 4 is 35.2 Å². The summed E-state index contributed by atoms with van der Waals surface area (Å²) >= 11 is 6.18. The Bertz CT molecular complexity index is 1000. The van der Waals surface area contributed by atoms with Crippen LogP contribution in [0.4, 0.5) is 5.69 Å². The molecular formula is C24H21ClN2O2. The molecule has 3 rings (SSSR count). The summed E-state index contributed by atoms with van der Waals surface area (Å²) in [4.78, 5) is 24.6. The molecule has 3 aromatic carbocycles. The Balaban J connectivity index is 1.59. The summed E-state index contributed by atoms with van der Waals surface area (Å²) in [5.74, 6) is -0.537. The lowest BCUT2D eigenvalue weighted by atomic mass is 10.1. The zero-order valence-corrected chi connectivity index (χ0v) is 16.5. The molecule has 4 nitrogen and oxygen atoms in total. The van der Waals surface area contributed by atoms with Crippen LogP contribution in [0.2, 0.25) is 5.02 Å². The number of anilines is 1. The van der Waals surface area contributed by atoms with Gasteiger partial charge in [0.05, 0.1) is 10.7 Å². The van der Waals surface area contributed by atoms with Gasteiger partial charge in [-0.15, -0.1) is 0 Å². The molecule has 0 saturated carbocycles. The molecule has 0 aliphatic rings. The second kappa shape index (κ2) is 10.2. The molecule has 0 bridgehead atoms. The van der Waals surface area contributed by atoms with Gasteiger partial charge in [-0.25, -0.2) is 0 Å². The topological polar surface area (TPSA) is 58.2 Å². The van der Waals surface area contributed by atoms with E-state index in [9.17, 15) is 9.59 Å². The predicted molar refractivity (Wildman–Crippen MR) is 118 cm³/mol. The van der Waals surface area contributed by atoms with Crippen LogP contribution in [0, 0.1) is 0 Å². The van der Waals surface area contributed by atoms with Gasteiger partial charge in [0.1, 0.15) is 0 Å². The van der Waals surface area contributed by atoms with E-state index in [0.717, 1.165) is 17.5 Å². The van der Waals surface area contributed by atoms with Crippen molar-refractivity contribution in [3.8, 4) is 0 Å². The molecule has 0 spiro atoms. The van der Waals surface area contributed by atoms with Gasteiger partial charge in [0.2, 0.25) is 5.91 Å². The van der Waals surface area contributed by atoms with Gasteiger partial charge in [-0.3, -0.25) is 9.59 Å². The number of benzene rings is 3. The molecule has 0 radical (unpaired) electrons. The molecule has 0 fully saturated rings. The van der Waals surface area contributed by atoms with Crippen LogP contribution < -0.4 is 10.6 Å². The molecule has 3 aromatic rings. The number of halogens is 1. The zero-order valence-electron chi connectivity index (χ0n) is 15.8. The average Bonchev–Trinajstić information content (AvgIpc) is 2.75. The van der Waals surface area contributed by atoms with E-state index < -0.39 is 0 Å². The van der Waals surface area contributed by atoms with Crippen molar-refractivity contribution in [1.82, 2.24) is 5.32 Å². The monoisotopic (exact) mass is 404 g/mol. The van der Waals surface area contributed by atoms with Crippen molar-refractivity contribution in [3.63, 3.8) is 0 Å². The number of hydrogen-bond donors (Lipinski definition) is 2. The first-order valence-electron chi connectivity index (χ1n) is 9.27. The number of amides is 2. The highest BCUT2D eigenvalue weighted by Crippen LogP contribution is 2.23. The molecule has 5 heteroatoms. The Hall–Kier alpha value is -3.37. The minimum atomic E-state index is -0.322. The van der Waals surface area contributed by atoms with Crippen molar-refractivity contribution in [2.75, 3.05) is 11.9 Å². The quantitative estimate of drug-likeness (QED) is 0.546. The molecule has 0 aliphatic heterocycles. The third-order valence-corrected chi connectivity index (χ3v) is 4.58. The van der Waals surface area contributed by atoms with Gasteiger partial charge in [0.15, 0.2) is 0 Å². The smallest absolute Gasteiger partial charge is 0.251 e. The summed E-state index contributed by atoms with van der Waals surface area (Å²) in [6, 6.07) is 24.3. The summed E-state index contributed by atoms with van der Waals surface area (Å²) in [6.07, 6.45) is 3.88. The van der Waals surface area contributed by atoms with Crippen molar-refractivity contribution in [1.29, 1.82) is 0 Å². The highest BCUT2D eigenvalue weighted by molar-refractivity contribution is 6.34. The summed E-state index contributed by atoms with van der Waals surface area (Å²) in [6.45, 7) is 0.521. The fraction of sp³-hybridized carbons (Fsp3) is 0.0833. The Morgan fingerprint density at radius 1 is 0.897 bits per heavy atom. The maximum atomic E-state index is 12.4. The number of rotatable bonds is 7. The maximum absolute atomic E-state index is 12.4. The summed E-state index contributed by atoms with van der Waals surface area (Å²) < 4.78 is 0. The molecular weight excluding hydrogens is 384 g/mol. The van der Waals surface area contributed by atoms with Crippen LogP contribution in [0.1, 0.15) is 21.5 Å². The summed E-state index contributed by atoms with van der Waals surface area (Å²) in [7, 11) is 0. The fourth-order valence-corrected chi connectivity index (χ4v) is 2.90. The van der Waals surface area contributed by atoms with Crippen LogP contribution in [0.5, 0.6) is 0 Å². The van der Waals surface area contributed by atoms with Crippen molar-refractivity contribution in [2.45, 2.75) is 6.42 Å². The summed E-state index contributed by atoms with van der Waals surface area (Å²) in [5, 5.41) is 5.97. The van der Waals surface area contributed by atoms with Crippen LogP contribution in [0.3, 0.4) is 0 Å². The van der Waals surface area contributed by atoms with Gasteiger partial charge in [-0.2, -0.15) is 0 Å². The molecule has 29 heavy (non-hydrogen) atoms. The van der Waals surface area contributed by atoms with Gasteiger partial charge < -0.3 is 10.6 Å². The number of carbonyl (C=O) groups excluding carboxylic acids is 2. The summed E-state index contributed by atoms with van der Waals surface area (Å²) in [5.41, 5.74) is 2.90. The van der Waals surface area contributed by atoms with Crippen molar-refractivity contribution in [3.05, 3.63) is 107 Å². The lowest BCUT2D eigenvalue weighted by Crippen LogP contribution is -2.25. The highest BCUT2D eigenvalue weighted by atomic mass is 35.5. The van der Waals surface area contributed by atoms with Crippen LogP contribution in [0.15, 0.2) is 84.9 Å². The van der Waals surface area contributed by atoms with E-state index in [0.29, 0.717) is 22.8 Å². The van der Waals surface area contributed by atoms with E-state index in [-0.39, 0.29) is 11.8 Å². The molecule has 146 valence electrons. The molecule has 0 aromatic heterocycles. The normalized spacial score (nSPS) is 10.7. The van der Waals surface area contributed by atoms with Crippen molar-refractivity contribution < 1.29 is 9.59 Å². The van der Waals surface area contributed by atoms with Gasteiger partial charge in [-0.1, -0.05) is 72.3 Å². The van der Waals surface area contributed by atoms with E-state index in [4.69, 9.17) is 11.6 Å². The molecule has 2 amide bonds. The molecule has 0 heterocycles. The van der Waals surface area contributed by atoms with Crippen LogP contribution in [-0.4, -0.2) is 18.4 Å². The fourth-order valence-electron chi connectivity index (χ4n) is 2.74. The number of carbonyl (C=O) groups is 2. The Morgan fingerprint density at radius 2 is 1.59 bits per heavy atom. The third kappa shape index (κ3) is 6.33. The lowest BCUT2D eigenvalue weighted by Gasteiger charge is -2.09. The minimum absolute atomic E-state index is 0.215. The number of hydrogen-bond acceptors (Lipinski definition) is 2. The lowest BCUT2D eigenvalue weighted by molar-refractivity contribution is -0.111. The van der Waals surface area contributed by atoms with Crippen molar-refractivity contribution in [2.24, 2.45) is 0 Å². The molecule has 2 N–H and O–H groups in total. The van der Waals surface area contributed by atoms with E-state index in [1.54, 1.807) is 24.3 Å². The third-order valence-electron chi connectivity index (χ3n) is 4.26. The van der Waals surface area contributed by atoms with Crippen LogP contribution in [0.25, 0.3) is 6.08 Å². The second-order valence-corrected chi connectivity index (χ2v) is 6.83. The van der Waals surface area contributed by atoms with Gasteiger partial charge in [0.25, 0.3) is 5.91 Å². The van der Waals surface area contributed by atoms with E-state index in [1.807, 2.05) is 60.7 Å². The SMILES string of the molecule is O=C(/C=C/c1ccccc1)Nc1cc(C(=O)NCCc2ccccc2)ccc1Cl. The minimum Gasteiger partial charge on any atom is -0.352 e. The van der Waals surface area contributed by atoms with Crippen LogP contribution in [-0.2, 0) is 11.2 Å². The van der Waals surface area contributed by atoms with Gasteiger partial charge in [0, 0.05) is 18.2 Å². The highest BCUT2D eigenvalue weighted by Gasteiger charge is 2.10. The first-order chi connectivity index (χ1) is 14.1. The van der Waals surface area contributed by atoms with E-state index in [2.05, 4.69) is 10.6 Å². The largest absolute Gasteiger partial charge is 0.352 e. The van der Waals surface area contributed by atoms with E-state index >= 15 is 0 Å². The average molecular weight is 405 g/mol. The van der Waals surface area contributed by atoms with Gasteiger partial charge in [-0.05, 0) is 41.8 Å². The maximum Gasteiger partial charge on any atom is 0.251 e. The number of nitrogens with one attached hydrogen (secondary N) is 2. The Morgan fingerprint density at radius 3 is 2.31 bits per heavy atom. The first-order valence-corrected chi connectivity index (χ1v) is 9.65. The molecule has 0 atom stereocenters. The zero-order chi connectivity index (χ0) is 20.5. The van der Waals surface area contributed by atoms with Gasteiger partial charge >= 0.3 is 0 Å². The standard InChI is InChI=1S/C24H21ClN2O2/c25-21-13-12-20(24(29)26-16-15-19-9-5-2-6-10-19)17-22(21)27-23(28)14-11-18-7-3-1-4-8-18/h1-14,17H,15-16H2,(H,26,29)(H,27,28)/b14-11+. The first kappa shape index (κ1) is 20.4. The molecule has 0 saturated heterocycles. The molecule has 0 aliphatic carbocycles.